The van der Waals surface area contributed by atoms with Crippen molar-refractivity contribution in [2.75, 3.05) is 20.3 Å². The molecule has 0 radical (unpaired) electrons. The molecule has 0 heterocycles. The second-order valence-electron chi connectivity index (χ2n) is 4.79. The van der Waals surface area contributed by atoms with Gasteiger partial charge in [0.05, 0.1) is 10.6 Å². The molecule has 0 atom stereocenters. The Kier molecular flexibility index (Phi) is 6.66. The topological polar surface area (TPSA) is 81.7 Å². The lowest BCUT2D eigenvalue weighted by Crippen LogP contribution is -2.20. The zero-order valence-corrected chi connectivity index (χ0v) is 15.5. The number of hydrogen-bond acceptors (Lipinski definition) is 5. The molecular weight excluding hydrogens is 389 g/mol. The Morgan fingerprint density at radius 1 is 1.08 bits per heavy atom. The second-order valence-corrected chi connectivity index (χ2v) is 7.49. The van der Waals surface area contributed by atoms with Crippen LogP contribution in [0.1, 0.15) is 10.4 Å². The number of carbonyl (C=O) groups excluding carboxylic acids is 1. The van der Waals surface area contributed by atoms with Crippen LogP contribution >= 0.6 is 23.2 Å². The highest BCUT2D eigenvalue weighted by atomic mass is 35.5. The van der Waals surface area contributed by atoms with Gasteiger partial charge < -0.3 is 9.47 Å². The molecule has 0 fully saturated rings. The largest absolute Gasteiger partial charge is 0.490 e. The molecule has 0 unspecified atom stereocenters. The summed E-state index contributed by atoms with van der Waals surface area (Å²) < 4.78 is 36.3. The molecule has 0 aliphatic carbocycles. The van der Waals surface area contributed by atoms with Crippen LogP contribution in [0.4, 0.5) is 0 Å². The molecule has 9 heteroatoms. The Bertz CT molecular complexity index is 853. The zero-order valence-electron chi connectivity index (χ0n) is 13.2. The van der Waals surface area contributed by atoms with Gasteiger partial charge in [-0.15, -0.1) is 0 Å². The minimum Gasteiger partial charge on any atom is -0.490 e. The zero-order chi connectivity index (χ0) is 18.4. The Morgan fingerprint density at radius 3 is 2.40 bits per heavy atom. The minimum atomic E-state index is -3.77. The van der Waals surface area contributed by atoms with Gasteiger partial charge in [0.2, 0.25) is 10.0 Å². The average Bonchev–Trinajstić information content (AvgIpc) is 2.60. The summed E-state index contributed by atoms with van der Waals surface area (Å²) in [6.45, 7) is 0.140. The normalized spacial score (nSPS) is 11.2. The molecule has 0 aliphatic rings. The Hall–Kier alpha value is -1.80. The first kappa shape index (κ1) is 19.5. The molecule has 2 rings (SSSR count). The van der Waals surface area contributed by atoms with Crippen molar-refractivity contribution in [3.8, 4) is 5.75 Å². The molecule has 0 bridgehead atoms. The Labute approximate surface area is 155 Å². The van der Waals surface area contributed by atoms with Crippen LogP contribution in [0.15, 0.2) is 47.4 Å². The van der Waals surface area contributed by atoms with E-state index in [-0.39, 0.29) is 28.7 Å². The third-order valence-electron chi connectivity index (χ3n) is 3.12. The highest BCUT2D eigenvalue weighted by molar-refractivity contribution is 7.89. The Balaban J connectivity index is 1.95. The van der Waals surface area contributed by atoms with Gasteiger partial charge in [-0.2, -0.15) is 0 Å². The number of carbonyl (C=O) groups is 1. The van der Waals surface area contributed by atoms with Crippen molar-refractivity contribution in [1.29, 1.82) is 0 Å². The van der Waals surface area contributed by atoms with Crippen LogP contribution < -0.4 is 9.46 Å². The summed E-state index contributed by atoms with van der Waals surface area (Å²) in [7, 11) is -2.52. The van der Waals surface area contributed by atoms with Crippen LogP contribution in [0.2, 0.25) is 10.0 Å². The van der Waals surface area contributed by atoms with Crippen LogP contribution in [0.25, 0.3) is 0 Å². The monoisotopic (exact) mass is 403 g/mol. The van der Waals surface area contributed by atoms with E-state index in [1.807, 2.05) is 0 Å². The molecule has 0 saturated carbocycles. The lowest BCUT2D eigenvalue weighted by Gasteiger charge is -2.09. The number of halogens is 2. The maximum Gasteiger partial charge on any atom is 0.338 e. The van der Waals surface area contributed by atoms with Gasteiger partial charge in [0.1, 0.15) is 23.9 Å². The lowest BCUT2D eigenvalue weighted by atomic mass is 10.2. The van der Waals surface area contributed by atoms with Crippen LogP contribution in [0.5, 0.6) is 5.75 Å². The van der Waals surface area contributed by atoms with Gasteiger partial charge in [-0.25, -0.2) is 17.9 Å². The molecule has 0 spiro atoms. The quantitative estimate of drug-likeness (QED) is 0.567. The first-order valence-corrected chi connectivity index (χ1v) is 9.36. The van der Waals surface area contributed by atoms with Crippen molar-refractivity contribution in [3.63, 3.8) is 0 Å². The molecule has 2 aromatic rings. The molecule has 0 amide bonds. The standard InChI is InChI=1S/C16H15Cl2NO5S/c1-19-25(21,22)15-10-11(2-7-14(15)18)16(20)24-9-8-23-13-5-3-12(17)4-6-13/h2-7,10,19H,8-9H2,1H3. The van der Waals surface area contributed by atoms with E-state index < -0.39 is 16.0 Å². The fourth-order valence-corrected chi connectivity index (χ4v) is 3.23. The minimum absolute atomic E-state index is 0.00179. The van der Waals surface area contributed by atoms with Crippen LogP contribution in [0.3, 0.4) is 0 Å². The summed E-state index contributed by atoms with van der Waals surface area (Å²) in [5, 5.41) is 0.603. The van der Waals surface area contributed by atoms with E-state index >= 15 is 0 Å². The van der Waals surface area contributed by atoms with Crippen molar-refractivity contribution >= 4 is 39.2 Å². The Morgan fingerprint density at radius 2 is 1.76 bits per heavy atom. The third kappa shape index (κ3) is 5.34. The number of esters is 1. The van der Waals surface area contributed by atoms with E-state index in [1.54, 1.807) is 24.3 Å². The van der Waals surface area contributed by atoms with E-state index in [0.29, 0.717) is 10.8 Å². The molecule has 6 nitrogen and oxygen atoms in total. The maximum atomic E-state index is 12.0. The summed E-state index contributed by atoms with van der Waals surface area (Å²) in [4.78, 5) is 11.8. The number of rotatable bonds is 7. The van der Waals surface area contributed by atoms with Gasteiger partial charge >= 0.3 is 5.97 Å². The van der Waals surface area contributed by atoms with E-state index in [0.717, 1.165) is 6.07 Å². The maximum absolute atomic E-state index is 12.0. The molecule has 134 valence electrons. The van der Waals surface area contributed by atoms with E-state index in [4.69, 9.17) is 32.7 Å². The SMILES string of the molecule is CNS(=O)(=O)c1cc(C(=O)OCCOc2ccc(Cl)cc2)ccc1Cl. The van der Waals surface area contributed by atoms with Crippen LogP contribution in [0, 0.1) is 0 Å². The van der Waals surface area contributed by atoms with Gasteiger partial charge in [-0.1, -0.05) is 23.2 Å². The number of nitrogens with one attached hydrogen (secondary N) is 1. The molecule has 0 aromatic heterocycles. The summed E-state index contributed by atoms with van der Waals surface area (Å²) in [5.41, 5.74) is 0.0738. The number of hydrogen-bond donors (Lipinski definition) is 1. The highest BCUT2D eigenvalue weighted by Crippen LogP contribution is 2.22. The summed E-state index contributed by atoms with van der Waals surface area (Å²) in [6, 6.07) is 10.6. The van der Waals surface area contributed by atoms with Crippen molar-refractivity contribution in [2.45, 2.75) is 4.90 Å². The van der Waals surface area contributed by atoms with Crippen molar-refractivity contribution in [1.82, 2.24) is 4.72 Å². The third-order valence-corrected chi connectivity index (χ3v) is 5.27. The summed E-state index contributed by atoms with van der Waals surface area (Å²) in [5.74, 6) is -0.0849. The first-order chi connectivity index (χ1) is 11.8. The fourth-order valence-electron chi connectivity index (χ4n) is 1.85. The van der Waals surface area contributed by atoms with E-state index in [1.165, 1.54) is 19.2 Å². The molecule has 25 heavy (non-hydrogen) atoms. The molecule has 0 aliphatic heterocycles. The average molecular weight is 404 g/mol. The molecule has 0 saturated heterocycles. The second kappa shape index (κ2) is 8.53. The van der Waals surface area contributed by atoms with Gasteiger partial charge in [0.25, 0.3) is 0 Å². The van der Waals surface area contributed by atoms with E-state index in [2.05, 4.69) is 4.72 Å². The smallest absolute Gasteiger partial charge is 0.338 e. The predicted molar refractivity (Wildman–Crippen MR) is 94.9 cm³/mol. The van der Waals surface area contributed by atoms with Crippen molar-refractivity contribution in [3.05, 3.63) is 58.1 Å². The predicted octanol–water partition coefficient (Wildman–Crippen LogP) is 3.14. The summed E-state index contributed by atoms with van der Waals surface area (Å²) in [6.07, 6.45) is 0. The number of sulfonamides is 1. The van der Waals surface area contributed by atoms with Gasteiger partial charge in [0.15, 0.2) is 0 Å². The highest BCUT2D eigenvalue weighted by Gasteiger charge is 2.19. The molecule has 2 aromatic carbocycles. The van der Waals surface area contributed by atoms with Gasteiger partial charge in [-0.05, 0) is 49.5 Å². The summed E-state index contributed by atoms with van der Waals surface area (Å²) >= 11 is 11.6. The van der Waals surface area contributed by atoms with Crippen molar-refractivity contribution in [2.24, 2.45) is 0 Å². The molecular formula is C16H15Cl2NO5S. The number of benzene rings is 2. The van der Waals surface area contributed by atoms with E-state index in [9.17, 15) is 13.2 Å². The van der Waals surface area contributed by atoms with Gasteiger partial charge in [0, 0.05) is 5.02 Å². The number of ether oxygens (including phenoxy) is 2. The molecule has 1 N–H and O–H groups in total. The van der Waals surface area contributed by atoms with Crippen molar-refractivity contribution < 1.29 is 22.7 Å². The fraction of sp³-hybridized carbons (Fsp3) is 0.188. The van der Waals surface area contributed by atoms with Gasteiger partial charge in [-0.3, -0.25) is 0 Å². The first-order valence-electron chi connectivity index (χ1n) is 7.12. The lowest BCUT2D eigenvalue weighted by molar-refractivity contribution is 0.0450. The van der Waals surface area contributed by atoms with Crippen LogP contribution in [-0.4, -0.2) is 34.6 Å². The van der Waals surface area contributed by atoms with Crippen LogP contribution in [-0.2, 0) is 14.8 Å².